The second-order valence-electron chi connectivity index (χ2n) is 5.24. The van der Waals surface area contributed by atoms with E-state index in [4.69, 9.17) is 4.74 Å². The molecule has 1 amide bonds. The van der Waals surface area contributed by atoms with Crippen molar-refractivity contribution in [2.24, 2.45) is 0 Å². The summed E-state index contributed by atoms with van der Waals surface area (Å²) in [6, 6.07) is 14.8. The molecule has 0 aliphatic heterocycles. The predicted octanol–water partition coefficient (Wildman–Crippen LogP) is 3.77. The normalized spacial score (nSPS) is 10.7. The lowest BCUT2D eigenvalue weighted by molar-refractivity contribution is -0.112. The molecule has 0 spiro atoms. The van der Waals surface area contributed by atoms with Crippen molar-refractivity contribution in [1.29, 1.82) is 5.26 Å². The van der Waals surface area contributed by atoms with Gasteiger partial charge in [-0.2, -0.15) is 5.26 Å². The van der Waals surface area contributed by atoms with Crippen molar-refractivity contribution in [2.45, 2.75) is 13.8 Å². The van der Waals surface area contributed by atoms with E-state index in [9.17, 15) is 10.1 Å². The van der Waals surface area contributed by atoms with Crippen LogP contribution in [0.1, 0.15) is 11.1 Å². The van der Waals surface area contributed by atoms with Crippen LogP contribution in [0.3, 0.4) is 0 Å². The minimum Gasteiger partial charge on any atom is -0.495 e. The SMILES string of the molecule is COc1ccccc1NC(=O)/C(C#N)=C\Nc1c(C)cccc1C. The summed E-state index contributed by atoms with van der Waals surface area (Å²) in [5, 5.41) is 15.0. The Hall–Kier alpha value is -3.26. The Labute approximate surface area is 141 Å². The van der Waals surface area contributed by atoms with Gasteiger partial charge in [-0.05, 0) is 37.1 Å². The van der Waals surface area contributed by atoms with Crippen LogP contribution in [0.15, 0.2) is 54.2 Å². The van der Waals surface area contributed by atoms with Gasteiger partial charge in [-0.25, -0.2) is 0 Å². The molecule has 0 bridgehead atoms. The maximum absolute atomic E-state index is 12.3. The Balaban J connectivity index is 2.19. The second kappa shape index (κ2) is 7.84. The molecule has 2 rings (SSSR count). The Morgan fingerprint density at radius 2 is 1.79 bits per heavy atom. The standard InChI is InChI=1S/C19H19N3O2/c1-13-7-6-8-14(2)18(13)21-12-15(11-20)19(23)22-16-9-4-5-10-17(16)24-3/h4-10,12,21H,1-3H3,(H,22,23)/b15-12-. The first-order chi connectivity index (χ1) is 11.6. The van der Waals surface area contributed by atoms with E-state index in [0.29, 0.717) is 11.4 Å². The Bertz CT molecular complexity index is 799. The van der Waals surface area contributed by atoms with Gasteiger partial charge in [0.2, 0.25) is 0 Å². The number of hydrogen-bond acceptors (Lipinski definition) is 4. The van der Waals surface area contributed by atoms with Crippen LogP contribution in [-0.2, 0) is 4.79 Å². The lowest BCUT2D eigenvalue weighted by atomic mass is 10.1. The van der Waals surface area contributed by atoms with Gasteiger partial charge in [0, 0.05) is 11.9 Å². The summed E-state index contributed by atoms with van der Waals surface area (Å²) in [6.45, 7) is 3.92. The van der Waals surface area contributed by atoms with Gasteiger partial charge in [0.1, 0.15) is 17.4 Å². The van der Waals surface area contributed by atoms with Crippen molar-refractivity contribution < 1.29 is 9.53 Å². The van der Waals surface area contributed by atoms with Gasteiger partial charge in [0.05, 0.1) is 12.8 Å². The number of hydrogen-bond donors (Lipinski definition) is 2. The summed E-state index contributed by atoms with van der Waals surface area (Å²) >= 11 is 0. The highest BCUT2D eigenvalue weighted by Crippen LogP contribution is 2.24. The summed E-state index contributed by atoms with van der Waals surface area (Å²) in [5.74, 6) is 0.0339. The third-order valence-corrected chi connectivity index (χ3v) is 3.56. The van der Waals surface area contributed by atoms with Crippen molar-refractivity contribution in [2.75, 3.05) is 17.7 Å². The first-order valence-electron chi connectivity index (χ1n) is 7.44. The molecule has 0 aliphatic rings. The van der Waals surface area contributed by atoms with E-state index in [2.05, 4.69) is 10.6 Å². The van der Waals surface area contributed by atoms with Gasteiger partial charge in [-0.1, -0.05) is 30.3 Å². The molecule has 5 nitrogen and oxygen atoms in total. The number of amides is 1. The second-order valence-corrected chi connectivity index (χ2v) is 5.24. The molecule has 0 heterocycles. The lowest BCUT2D eigenvalue weighted by Gasteiger charge is -2.11. The van der Waals surface area contributed by atoms with Crippen LogP contribution in [0.25, 0.3) is 0 Å². The number of ether oxygens (including phenoxy) is 1. The number of aryl methyl sites for hydroxylation is 2. The van der Waals surface area contributed by atoms with E-state index in [-0.39, 0.29) is 5.57 Å². The smallest absolute Gasteiger partial charge is 0.267 e. The van der Waals surface area contributed by atoms with Crippen LogP contribution >= 0.6 is 0 Å². The summed E-state index contributed by atoms with van der Waals surface area (Å²) in [7, 11) is 1.52. The highest BCUT2D eigenvalue weighted by atomic mass is 16.5. The van der Waals surface area contributed by atoms with E-state index >= 15 is 0 Å². The van der Waals surface area contributed by atoms with Gasteiger partial charge < -0.3 is 15.4 Å². The maximum atomic E-state index is 12.3. The molecule has 0 aromatic heterocycles. The van der Waals surface area contributed by atoms with E-state index < -0.39 is 5.91 Å². The molecule has 5 heteroatoms. The number of nitrogens with one attached hydrogen (secondary N) is 2. The van der Waals surface area contributed by atoms with E-state index in [1.165, 1.54) is 13.3 Å². The third-order valence-electron chi connectivity index (χ3n) is 3.56. The van der Waals surface area contributed by atoms with Gasteiger partial charge in [-0.3, -0.25) is 4.79 Å². The first kappa shape index (κ1) is 17.1. The van der Waals surface area contributed by atoms with Crippen molar-refractivity contribution in [1.82, 2.24) is 0 Å². The van der Waals surface area contributed by atoms with E-state index in [1.54, 1.807) is 24.3 Å². The lowest BCUT2D eigenvalue weighted by Crippen LogP contribution is -2.15. The van der Waals surface area contributed by atoms with Crippen LogP contribution < -0.4 is 15.4 Å². The molecule has 2 N–H and O–H groups in total. The Kier molecular flexibility index (Phi) is 5.58. The van der Waals surface area contributed by atoms with Crippen molar-refractivity contribution in [3.8, 4) is 11.8 Å². The molecule has 0 aliphatic carbocycles. The van der Waals surface area contributed by atoms with Crippen molar-refractivity contribution >= 4 is 17.3 Å². The molecule has 2 aromatic rings. The van der Waals surface area contributed by atoms with Gasteiger partial charge in [0.15, 0.2) is 0 Å². The van der Waals surface area contributed by atoms with Gasteiger partial charge in [-0.15, -0.1) is 0 Å². The topological polar surface area (TPSA) is 74.1 Å². The summed E-state index contributed by atoms with van der Waals surface area (Å²) in [6.07, 6.45) is 1.42. The first-order valence-corrected chi connectivity index (χ1v) is 7.44. The fourth-order valence-corrected chi connectivity index (χ4v) is 2.27. The number of carbonyl (C=O) groups is 1. The summed E-state index contributed by atoms with van der Waals surface area (Å²) in [5.41, 5.74) is 3.44. The van der Waals surface area contributed by atoms with Crippen molar-refractivity contribution in [3.63, 3.8) is 0 Å². The summed E-state index contributed by atoms with van der Waals surface area (Å²) < 4.78 is 5.19. The average molecular weight is 321 g/mol. The summed E-state index contributed by atoms with van der Waals surface area (Å²) in [4.78, 5) is 12.3. The molecule has 0 radical (unpaired) electrons. The maximum Gasteiger partial charge on any atom is 0.267 e. The van der Waals surface area contributed by atoms with Crippen molar-refractivity contribution in [3.05, 3.63) is 65.4 Å². The highest BCUT2D eigenvalue weighted by Gasteiger charge is 2.12. The molecule has 0 saturated heterocycles. The number of para-hydroxylation sites is 3. The largest absolute Gasteiger partial charge is 0.495 e. The number of rotatable bonds is 5. The van der Waals surface area contributed by atoms with Crippen LogP contribution in [0.5, 0.6) is 5.75 Å². The minimum atomic E-state index is -0.499. The average Bonchev–Trinajstić information content (AvgIpc) is 2.58. The van der Waals surface area contributed by atoms with E-state index in [1.807, 2.05) is 38.1 Å². The third kappa shape index (κ3) is 3.93. The monoisotopic (exact) mass is 321 g/mol. The predicted molar refractivity (Wildman–Crippen MR) is 94.9 cm³/mol. The fraction of sp³-hybridized carbons (Fsp3) is 0.158. The number of benzene rings is 2. The minimum absolute atomic E-state index is 0.0245. The Morgan fingerprint density at radius 3 is 2.42 bits per heavy atom. The quantitative estimate of drug-likeness (QED) is 0.649. The zero-order valence-electron chi connectivity index (χ0n) is 13.9. The molecule has 122 valence electrons. The van der Waals surface area contributed by atoms with Crippen LogP contribution in [0.2, 0.25) is 0 Å². The number of carbonyl (C=O) groups excluding carboxylic acids is 1. The molecule has 0 atom stereocenters. The molecule has 24 heavy (non-hydrogen) atoms. The highest BCUT2D eigenvalue weighted by molar-refractivity contribution is 6.07. The zero-order valence-corrected chi connectivity index (χ0v) is 13.9. The molecule has 2 aromatic carbocycles. The van der Waals surface area contributed by atoms with Crippen LogP contribution in [-0.4, -0.2) is 13.0 Å². The zero-order chi connectivity index (χ0) is 17.5. The number of anilines is 2. The molecule has 0 saturated carbocycles. The fourth-order valence-electron chi connectivity index (χ4n) is 2.27. The van der Waals surface area contributed by atoms with Gasteiger partial charge >= 0.3 is 0 Å². The molecular formula is C19H19N3O2. The Morgan fingerprint density at radius 1 is 1.12 bits per heavy atom. The molecule has 0 fully saturated rings. The van der Waals surface area contributed by atoms with Crippen LogP contribution in [0, 0.1) is 25.2 Å². The number of nitriles is 1. The van der Waals surface area contributed by atoms with Crippen LogP contribution in [0.4, 0.5) is 11.4 Å². The molecule has 0 unspecified atom stereocenters. The van der Waals surface area contributed by atoms with E-state index in [0.717, 1.165) is 16.8 Å². The number of methoxy groups -OCH3 is 1. The molecular weight excluding hydrogens is 302 g/mol. The number of nitrogens with zero attached hydrogens (tertiary/aromatic N) is 1. The van der Waals surface area contributed by atoms with Gasteiger partial charge in [0.25, 0.3) is 5.91 Å².